The van der Waals surface area contributed by atoms with E-state index >= 15 is 0 Å². The highest BCUT2D eigenvalue weighted by Crippen LogP contribution is 2.35. The molecule has 1 aromatic heterocycles. The third-order valence-corrected chi connectivity index (χ3v) is 6.27. The van der Waals surface area contributed by atoms with Crippen molar-refractivity contribution in [3.05, 3.63) is 98.4 Å². The first-order valence-corrected chi connectivity index (χ1v) is 11.3. The molecule has 9 nitrogen and oxygen atoms in total. The molecule has 11 heteroatoms. The van der Waals surface area contributed by atoms with Crippen LogP contribution in [0.3, 0.4) is 0 Å². The van der Waals surface area contributed by atoms with Crippen LogP contribution in [0, 0.1) is 10.1 Å². The Labute approximate surface area is 207 Å². The first kappa shape index (κ1) is 23.9. The fourth-order valence-corrected chi connectivity index (χ4v) is 4.43. The molecule has 3 aromatic carbocycles. The molecule has 1 amide bonds. The van der Waals surface area contributed by atoms with Crippen molar-refractivity contribution in [2.75, 3.05) is 6.61 Å². The fourth-order valence-electron chi connectivity index (χ4n) is 3.04. The number of para-hydroxylation sites is 2. The molecule has 0 saturated heterocycles. The number of nitrogens with one attached hydrogen (secondary N) is 1. The number of nitro benzene ring substituents is 1. The summed E-state index contributed by atoms with van der Waals surface area (Å²) in [6.07, 6.45) is 1.35. The van der Waals surface area contributed by atoms with Gasteiger partial charge in [-0.1, -0.05) is 54.1 Å². The number of rotatable bonds is 8. The van der Waals surface area contributed by atoms with Crippen LogP contribution >= 0.6 is 22.9 Å². The van der Waals surface area contributed by atoms with Crippen molar-refractivity contribution in [1.29, 1.82) is 0 Å². The second-order valence-electron chi connectivity index (χ2n) is 7.01. The number of thiophene rings is 1. The first-order valence-electron chi connectivity index (χ1n) is 10.1. The van der Waals surface area contributed by atoms with Crippen molar-refractivity contribution in [3.63, 3.8) is 0 Å². The van der Waals surface area contributed by atoms with Crippen molar-refractivity contribution in [2.24, 2.45) is 5.10 Å². The van der Waals surface area contributed by atoms with Gasteiger partial charge in [0, 0.05) is 16.2 Å². The number of carbonyl (C=O) groups excluding carboxylic acids is 2. The third kappa shape index (κ3) is 5.81. The van der Waals surface area contributed by atoms with Crippen molar-refractivity contribution in [3.8, 4) is 11.5 Å². The van der Waals surface area contributed by atoms with Gasteiger partial charge in [-0.25, -0.2) is 10.2 Å². The quantitative estimate of drug-likeness (QED) is 0.114. The topological polar surface area (TPSA) is 120 Å². The largest absolute Gasteiger partial charge is 0.477 e. The number of carbonyl (C=O) groups is 2. The molecule has 176 valence electrons. The summed E-state index contributed by atoms with van der Waals surface area (Å²) >= 11 is 7.59. The second-order valence-corrected chi connectivity index (χ2v) is 8.44. The molecule has 1 N–H and O–H groups in total. The van der Waals surface area contributed by atoms with Gasteiger partial charge in [-0.2, -0.15) is 5.10 Å². The summed E-state index contributed by atoms with van der Waals surface area (Å²) < 4.78 is 11.5. The Balaban J connectivity index is 1.34. The number of esters is 1. The number of amides is 1. The number of hydrazone groups is 1. The van der Waals surface area contributed by atoms with E-state index in [1.165, 1.54) is 35.8 Å². The molecule has 0 aliphatic carbocycles. The molecule has 0 saturated carbocycles. The number of halogens is 1. The van der Waals surface area contributed by atoms with Gasteiger partial charge in [0.25, 0.3) is 5.91 Å². The SMILES string of the molecule is O=C(COc1ccccc1[N+](=O)[O-])N/N=C/c1cccc(OC(=O)c2sc3ccccc3c2Cl)c1. The van der Waals surface area contributed by atoms with Gasteiger partial charge in [-0.05, 0) is 29.8 Å². The minimum atomic E-state index is -0.610. The van der Waals surface area contributed by atoms with Crippen LogP contribution in [-0.2, 0) is 4.79 Å². The van der Waals surface area contributed by atoms with Crippen LogP contribution in [0.25, 0.3) is 10.1 Å². The van der Waals surface area contributed by atoms with Crippen LogP contribution in [0.5, 0.6) is 11.5 Å². The highest BCUT2D eigenvalue weighted by atomic mass is 35.5. The van der Waals surface area contributed by atoms with Crippen LogP contribution < -0.4 is 14.9 Å². The summed E-state index contributed by atoms with van der Waals surface area (Å²) in [4.78, 5) is 35.3. The maximum absolute atomic E-state index is 12.6. The number of fused-ring (bicyclic) bond motifs is 1. The van der Waals surface area contributed by atoms with Crippen LogP contribution in [0.15, 0.2) is 77.9 Å². The zero-order valence-electron chi connectivity index (χ0n) is 17.8. The summed E-state index contributed by atoms with van der Waals surface area (Å²) in [5.74, 6) is -0.935. The zero-order valence-corrected chi connectivity index (χ0v) is 19.4. The molecule has 0 atom stereocenters. The standard InChI is InChI=1S/C24H16ClN3O6S/c25-22-17-8-1-4-11-20(17)35-23(22)24(30)34-16-7-5-6-15(12-16)13-26-27-21(29)14-33-19-10-3-2-9-18(19)28(31)32/h1-13H,14H2,(H,27,29)/b26-13+. The van der Waals surface area contributed by atoms with Gasteiger partial charge in [0.05, 0.1) is 16.2 Å². The van der Waals surface area contributed by atoms with Gasteiger partial charge in [0.2, 0.25) is 0 Å². The summed E-state index contributed by atoms with van der Waals surface area (Å²) in [6, 6.07) is 19.7. The lowest BCUT2D eigenvalue weighted by Gasteiger charge is -2.05. The van der Waals surface area contributed by atoms with Crippen LogP contribution in [0.4, 0.5) is 5.69 Å². The van der Waals surface area contributed by atoms with E-state index in [2.05, 4.69) is 10.5 Å². The smallest absolute Gasteiger partial charge is 0.355 e. The minimum Gasteiger partial charge on any atom is -0.477 e. The Morgan fingerprint density at radius 2 is 1.86 bits per heavy atom. The fraction of sp³-hybridized carbons (Fsp3) is 0.0417. The molecule has 4 rings (SSSR count). The molecule has 0 unspecified atom stereocenters. The number of ether oxygens (including phenoxy) is 2. The molecule has 0 radical (unpaired) electrons. The van der Waals surface area contributed by atoms with E-state index in [1.54, 1.807) is 30.3 Å². The predicted octanol–water partition coefficient (Wildman–Crippen LogP) is 5.21. The lowest BCUT2D eigenvalue weighted by molar-refractivity contribution is -0.385. The molecule has 0 spiro atoms. The van der Waals surface area contributed by atoms with Crippen molar-refractivity contribution >= 4 is 56.8 Å². The number of nitrogens with zero attached hydrogens (tertiary/aromatic N) is 2. The molecule has 0 bridgehead atoms. The van der Waals surface area contributed by atoms with Gasteiger partial charge in [-0.15, -0.1) is 11.3 Å². The summed E-state index contributed by atoms with van der Waals surface area (Å²) in [6.45, 7) is -0.463. The van der Waals surface area contributed by atoms with Crippen LogP contribution in [0.2, 0.25) is 5.02 Å². The van der Waals surface area contributed by atoms with E-state index < -0.39 is 23.4 Å². The molecule has 0 fully saturated rings. The zero-order chi connectivity index (χ0) is 24.8. The Kier molecular flexibility index (Phi) is 7.34. The highest BCUT2D eigenvalue weighted by Gasteiger charge is 2.19. The van der Waals surface area contributed by atoms with E-state index in [4.69, 9.17) is 21.1 Å². The van der Waals surface area contributed by atoms with E-state index in [1.807, 2.05) is 24.3 Å². The second kappa shape index (κ2) is 10.8. The Morgan fingerprint density at radius 3 is 2.66 bits per heavy atom. The van der Waals surface area contributed by atoms with E-state index in [0.29, 0.717) is 15.5 Å². The lowest BCUT2D eigenvalue weighted by Crippen LogP contribution is -2.24. The normalized spacial score (nSPS) is 10.9. The predicted molar refractivity (Wildman–Crippen MR) is 133 cm³/mol. The lowest BCUT2D eigenvalue weighted by atomic mass is 10.2. The molecule has 1 heterocycles. The van der Waals surface area contributed by atoms with E-state index in [-0.39, 0.29) is 17.2 Å². The number of nitro groups is 1. The van der Waals surface area contributed by atoms with E-state index in [9.17, 15) is 19.7 Å². The first-order chi connectivity index (χ1) is 16.9. The van der Waals surface area contributed by atoms with Crippen LogP contribution in [0.1, 0.15) is 15.2 Å². The van der Waals surface area contributed by atoms with Crippen molar-refractivity contribution < 1.29 is 24.0 Å². The summed E-state index contributed by atoms with van der Waals surface area (Å²) in [5, 5.41) is 16.0. The summed E-state index contributed by atoms with van der Waals surface area (Å²) in [7, 11) is 0. The summed E-state index contributed by atoms with van der Waals surface area (Å²) in [5.41, 5.74) is 2.58. The molecule has 4 aromatic rings. The number of benzene rings is 3. The number of hydrogen-bond donors (Lipinski definition) is 1. The molecule has 0 aliphatic heterocycles. The maximum atomic E-state index is 12.6. The van der Waals surface area contributed by atoms with Gasteiger partial charge in [0.1, 0.15) is 10.6 Å². The third-order valence-electron chi connectivity index (χ3n) is 4.61. The average Bonchev–Trinajstić information content (AvgIpc) is 3.20. The van der Waals surface area contributed by atoms with Gasteiger partial charge in [-0.3, -0.25) is 14.9 Å². The molecule has 35 heavy (non-hydrogen) atoms. The van der Waals surface area contributed by atoms with Gasteiger partial charge in [0.15, 0.2) is 12.4 Å². The highest BCUT2D eigenvalue weighted by molar-refractivity contribution is 7.21. The molecular formula is C24H16ClN3O6S. The van der Waals surface area contributed by atoms with Crippen LogP contribution in [-0.4, -0.2) is 29.6 Å². The van der Waals surface area contributed by atoms with Crippen molar-refractivity contribution in [1.82, 2.24) is 5.43 Å². The Morgan fingerprint density at radius 1 is 1.09 bits per heavy atom. The van der Waals surface area contributed by atoms with Crippen molar-refractivity contribution in [2.45, 2.75) is 0 Å². The van der Waals surface area contributed by atoms with E-state index in [0.717, 1.165) is 10.1 Å². The average molecular weight is 510 g/mol. The minimum absolute atomic E-state index is 0.0233. The molecular weight excluding hydrogens is 494 g/mol. The Bertz CT molecular complexity index is 1450. The van der Waals surface area contributed by atoms with Gasteiger partial charge >= 0.3 is 11.7 Å². The van der Waals surface area contributed by atoms with Gasteiger partial charge < -0.3 is 9.47 Å². The number of hydrogen-bond acceptors (Lipinski definition) is 8. The monoisotopic (exact) mass is 509 g/mol. The Hall–Kier alpha value is -4.28. The molecule has 0 aliphatic rings. The maximum Gasteiger partial charge on any atom is 0.355 e.